The minimum Gasteiger partial charge on any atom is -0.478 e. The number of anilines is 1. The monoisotopic (exact) mass is 291 g/mol. The second-order valence-electron chi connectivity index (χ2n) is 4.30. The molecule has 1 aromatic rings. The van der Waals surface area contributed by atoms with Crippen LogP contribution in [0, 0.1) is 0 Å². The van der Waals surface area contributed by atoms with E-state index in [1.165, 1.54) is 29.3 Å². The predicted molar refractivity (Wildman–Crippen MR) is 77.3 cm³/mol. The Hall–Kier alpha value is -2.34. The molecule has 0 heterocycles. The Morgan fingerprint density at radius 1 is 1.00 bits per heavy atom. The molecule has 0 aliphatic heterocycles. The zero-order chi connectivity index (χ0) is 14.8. The van der Waals surface area contributed by atoms with Gasteiger partial charge in [0.05, 0.1) is 17.5 Å². The molecule has 2 aliphatic rings. The molecule has 2 aliphatic carbocycles. The normalized spacial score (nSPS) is 11.1. The van der Waals surface area contributed by atoms with Crippen molar-refractivity contribution in [3.63, 3.8) is 0 Å². The van der Waals surface area contributed by atoms with Gasteiger partial charge >= 0.3 is 5.97 Å². The highest BCUT2D eigenvalue weighted by molar-refractivity contribution is 7.92. The molecule has 6 heteroatoms. The van der Waals surface area contributed by atoms with E-state index in [2.05, 4.69) is 29.0 Å². The van der Waals surface area contributed by atoms with Crippen LogP contribution in [0.25, 0.3) is 11.1 Å². The largest absolute Gasteiger partial charge is 0.478 e. The third-order valence-electron chi connectivity index (χ3n) is 2.67. The van der Waals surface area contributed by atoms with Crippen molar-refractivity contribution >= 4 is 21.7 Å². The second kappa shape index (κ2) is 5.34. The van der Waals surface area contributed by atoms with E-state index >= 15 is 0 Å². The number of carbonyl (C=O) groups is 1. The number of hydrogen-bond donors (Lipinski definition) is 2. The lowest BCUT2D eigenvalue weighted by Gasteiger charge is -2.10. The molecule has 0 saturated heterocycles. The number of carboxylic acids is 1. The maximum absolute atomic E-state index is 10.9. The highest BCUT2D eigenvalue weighted by Gasteiger charge is 2.11. The van der Waals surface area contributed by atoms with Gasteiger partial charge in [-0.1, -0.05) is 36.4 Å². The highest BCUT2D eigenvalue weighted by Crippen LogP contribution is 2.29. The number of para-hydroxylation sites is 1. The Morgan fingerprint density at radius 2 is 1.50 bits per heavy atom. The smallest absolute Gasteiger partial charge is 0.337 e. The molecule has 20 heavy (non-hydrogen) atoms. The number of rotatable bonds is 3. The highest BCUT2D eigenvalue weighted by atomic mass is 32.2. The molecule has 2 N–H and O–H groups in total. The van der Waals surface area contributed by atoms with Crippen LogP contribution in [0.1, 0.15) is 10.4 Å². The van der Waals surface area contributed by atoms with Crippen molar-refractivity contribution in [3.8, 4) is 11.1 Å². The average molecular weight is 291 g/mol. The van der Waals surface area contributed by atoms with E-state index in [4.69, 9.17) is 5.11 Å². The van der Waals surface area contributed by atoms with Gasteiger partial charge in [-0.2, -0.15) is 0 Å². The van der Waals surface area contributed by atoms with Gasteiger partial charge in [-0.3, -0.25) is 4.72 Å². The first-order valence-electron chi connectivity index (χ1n) is 5.77. The van der Waals surface area contributed by atoms with Gasteiger partial charge in [0.25, 0.3) is 0 Å². The lowest BCUT2D eigenvalue weighted by molar-refractivity contribution is 0.0698. The third-order valence-corrected chi connectivity index (χ3v) is 3.26. The molecular formula is C14H13NO4S. The number of hydrogen-bond acceptors (Lipinski definition) is 3. The van der Waals surface area contributed by atoms with E-state index in [0.29, 0.717) is 0 Å². The molecule has 0 atom stereocenters. The van der Waals surface area contributed by atoms with Crippen LogP contribution in [0.4, 0.5) is 5.69 Å². The second-order valence-corrected chi connectivity index (χ2v) is 6.05. The van der Waals surface area contributed by atoms with Gasteiger partial charge in [-0.25, -0.2) is 13.2 Å². The van der Waals surface area contributed by atoms with Crippen molar-refractivity contribution in [3.05, 3.63) is 54.1 Å². The maximum atomic E-state index is 10.9. The molecule has 3 rings (SSSR count). The van der Waals surface area contributed by atoms with Crippen LogP contribution in [0.3, 0.4) is 0 Å². The number of fused-ring (bicyclic) bond motifs is 1. The summed E-state index contributed by atoms with van der Waals surface area (Å²) in [6, 6.07) is 14.3. The van der Waals surface area contributed by atoms with Gasteiger partial charge in [0.2, 0.25) is 10.0 Å². The quantitative estimate of drug-likeness (QED) is 0.776. The van der Waals surface area contributed by atoms with E-state index in [9.17, 15) is 13.2 Å². The minimum atomic E-state index is -3.45. The molecule has 0 aromatic heterocycles. The summed E-state index contributed by atoms with van der Waals surface area (Å²) in [6.07, 6.45) is 0.964. The van der Waals surface area contributed by atoms with Crippen LogP contribution in [-0.2, 0) is 10.0 Å². The Labute approximate surface area is 116 Å². The Morgan fingerprint density at radius 3 is 1.85 bits per heavy atom. The SMILES string of the molecule is CS(=O)(=O)Nc1ccccc1C(=O)O.c1cc2ccc1-2. The summed E-state index contributed by atoms with van der Waals surface area (Å²) in [5.41, 5.74) is 2.85. The van der Waals surface area contributed by atoms with Gasteiger partial charge in [-0.05, 0) is 23.3 Å². The third kappa shape index (κ3) is 3.36. The lowest BCUT2D eigenvalue weighted by Crippen LogP contribution is -2.12. The maximum Gasteiger partial charge on any atom is 0.337 e. The van der Waals surface area contributed by atoms with Crippen LogP contribution in [0.2, 0.25) is 0 Å². The topological polar surface area (TPSA) is 83.5 Å². The molecule has 0 saturated carbocycles. The van der Waals surface area contributed by atoms with Gasteiger partial charge in [0, 0.05) is 0 Å². The first-order chi connectivity index (χ1) is 9.37. The number of sulfonamides is 1. The first kappa shape index (κ1) is 14.1. The Balaban J connectivity index is 0.000000198. The molecule has 0 bridgehead atoms. The number of nitrogens with one attached hydrogen (secondary N) is 1. The van der Waals surface area contributed by atoms with Crippen LogP contribution in [-0.4, -0.2) is 25.7 Å². The van der Waals surface area contributed by atoms with Crippen molar-refractivity contribution in [1.82, 2.24) is 0 Å². The summed E-state index contributed by atoms with van der Waals surface area (Å²) >= 11 is 0. The van der Waals surface area contributed by atoms with Gasteiger partial charge in [0.15, 0.2) is 0 Å². The van der Waals surface area contributed by atoms with Crippen molar-refractivity contribution in [2.45, 2.75) is 0 Å². The molecule has 0 radical (unpaired) electrons. The fourth-order valence-electron chi connectivity index (χ4n) is 1.62. The van der Waals surface area contributed by atoms with Crippen molar-refractivity contribution in [2.24, 2.45) is 0 Å². The Kier molecular flexibility index (Phi) is 3.76. The van der Waals surface area contributed by atoms with Gasteiger partial charge < -0.3 is 5.11 Å². The van der Waals surface area contributed by atoms with Gasteiger partial charge in [0.1, 0.15) is 0 Å². The van der Waals surface area contributed by atoms with Crippen molar-refractivity contribution < 1.29 is 18.3 Å². The molecule has 0 spiro atoms. The van der Waals surface area contributed by atoms with Crippen molar-refractivity contribution in [2.75, 3.05) is 11.0 Å². The molecule has 0 unspecified atom stereocenters. The van der Waals surface area contributed by atoms with E-state index in [1.54, 1.807) is 6.07 Å². The number of carboxylic acid groups (broad SMARTS) is 1. The minimum absolute atomic E-state index is 0.0714. The van der Waals surface area contributed by atoms with E-state index in [0.717, 1.165) is 6.26 Å². The predicted octanol–water partition coefficient (Wildman–Crippen LogP) is 2.42. The van der Waals surface area contributed by atoms with Crippen molar-refractivity contribution in [1.29, 1.82) is 0 Å². The summed E-state index contributed by atoms with van der Waals surface area (Å²) in [4.78, 5) is 10.7. The molecule has 1 aromatic carbocycles. The standard InChI is InChI=1S/C8H9NO4S.C6H4/c1-14(12,13)9-7-5-3-2-4-6(7)8(10)11;1-2-6-4-3-5(1)6/h2-5,9H,1H3,(H,10,11);1-4H. The van der Waals surface area contributed by atoms with Crippen LogP contribution in [0.5, 0.6) is 0 Å². The van der Waals surface area contributed by atoms with Crippen LogP contribution < -0.4 is 4.72 Å². The average Bonchev–Trinajstić information content (AvgIpc) is 2.33. The summed E-state index contributed by atoms with van der Waals surface area (Å²) in [5.74, 6) is -1.17. The van der Waals surface area contributed by atoms with E-state index in [1.807, 2.05) is 0 Å². The lowest BCUT2D eigenvalue weighted by atomic mass is 9.95. The van der Waals surface area contributed by atoms with E-state index < -0.39 is 16.0 Å². The summed E-state index contributed by atoms with van der Waals surface area (Å²) in [6.45, 7) is 0. The van der Waals surface area contributed by atoms with Gasteiger partial charge in [-0.15, -0.1) is 0 Å². The van der Waals surface area contributed by atoms with Crippen LogP contribution >= 0.6 is 0 Å². The molecule has 0 fully saturated rings. The van der Waals surface area contributed by atoms with Crippen LogP contribution in [0.15, 0.2) is 48.5 Å². The number of aromatic carboxylic acids is 1. The first-order valence-corrected chi connectivity index (χ1v) is 7.66. The number of benzene rings is 2. The zero-order valence-electron chi connectivity index (χ0n) is 10.7. The fraction of sp³-hybridized carbons (Fsp3) is 0.0714. The zero-order valence-corrected chi connectivity index (χ0v) is 11.5. The molecule has 0 amide bonds. The summed E-state index contributed by atoms with van der Waals surface area (Å²) in [7, 11) is -3.45. The van der Waals surface area contributed by atoms with E-state index in [-0.39, 0.29) is 11.3 Å². The fourth-order valence-corrected chi connectivity index (χ4v) is 2.20. The summed E-state index contributed by atoms with van der Waals surface area (Å²) in [5, 5.41) is 8.73. The summed E-state index contributed by atoms with van der Waals surface area (Å²) < 4.78 is 23.9. The molecular weight excluding hydrogens is 278 g/mol. The molecule has 104 valence electrons. The Bertz CT molecular complexity index is 715. The molecule has 5 nitrogen and oxygen atoms in total.